The van der Waals surface area contributed by atoms with Gasteiger partial charge in [-0.3, -0.25) is 10.1 Å². The van der Waals surface area contributed by atoms with Crippen LogP contribution in [0, 0.1) is 10.1 Å². The van der Waals surface area contributed by atoms with E-state index in [0.717, 1.165) is 0 Å². The molecule has 2 heterocycles. The van der Waals surface area contributed by atoms with Crippen molar-refractivity contribution in [1.82, 2.24) is 9.97 Å². The molecule has 0 radical (unpaired) electrons. The number of thiophene rings is 1. The second-order valence-corrected chi connectivity index (χ2v) is 3.76. The molecule has 82 valence electrons. The Hall–Kier alpha value is -2.02. The first kappa shape index (κ1) is 10.5. The summed E-state index contributed by atoms with van der Waals surface area (Å²) in [7, 11) is 1.34. The SMILES string of the molecule is COc1ncnc(-c2cccs2)c1[N+](=O)[O-]. The van der Waals surface area contributed by atoms with Crippen LogP contribution in [-0.4, -0.2) is 22.0 Å². The van der Waals surface area contributed by atoms with Gasteiger partial charge in [0.15, 0.2) is 5.69 Å². The summed E-state index contributed by atoms with van der Waals surface area (Å²) in [5.41, 5.74) is 0.0827. The fraction of sp³-hybridized carbons (Fsp3) is 0.111. The topological polar surface area (TPSA) is 78.2 Å². The first-order valence-corrected chi connectivity index (χ1v) is 5.19. The van der Waals surface area contributed by atoms with Gasteiger partial charge in [0, 0.05) is 0 Å². The van der Waals surface area contributed by atoms with Crippen LogP contribution < -0.4 is 4.74 Å². The van der Waals surface area contributed by atoms with E-state index in [-0.39, 0.29) is 17.3 Å². The Morgan fingerprint density at radius 2 is 2.31 bits per heavy atom. The minimum Gasteiger partial charge on any atom is -0.476 e. The van der Waals surface area contributed by atoms with Gasteiger partial charge < -0.3 is 4.74 Å². The van der Waals surface area contributed by atoms with Crippen molar-refractivity contribution in [1.29, 1.82) is 0 Å². The molecule has 0 spiro atoms. The van der Waals surface area contributed by atoms with E-state index in [4.69, 9.17) is 4.74 Å². The van der Waals surface area contributed by atoms with Gasteiger partial charge in [0.25, 0.3) is 5.88 Å². The summed E-state index contributed by atoms with van der Waals surface area (Å²) in [4.78, 5) is 18.8. The van der Waals surface area contributed by atoms with Crippen LogP contribution in [0.25, 0.3) is 10.6 Å². The number of ether oxygens (including phenoxy) is 1. The molecule has 0 saturated heterocycles. The zero-order valence-electron chi connectivity index (χ0n) is 8.28. The van der Waals surface area contributed by atoms with E-state index in [9.17, 15) is 10.1 Å². The third kappa shape index (κ3) is 1.72. The first-order valence-electron chi connectivity index (χ1n) is 4.31. The summed E-state index contributed by atoms with van der Waals surface area (Å²) in [6, 6.07) is 3.57. The molecule has 0 aliphatic heterocycles. The van der Waals surface area contributed by atoms with Crippen molar-refractivity contribution in [3.8, 4) is 16.5 Å². The van der Waals surface area contributed by atoms with Crippen LogP contribution >= 0.6 is 11.3 Å². The second-order valence-electron chi connectivity index (χ2n) is 2.81. The number of hydrogen-bond acceptors (Lipinski definition) is 6. The quantitative estimate of drug-likeness (QED) is 0.603. The fourth-order valence-corrected chi connectivity index (χ4v) is 1.99. The number of nitro groups is 1. The van der Waals surface area contributed by atoms with Crippen molar-refractivity contribution in [3.05, 3.63) is 34.0 Å². The van der Waals surface area contributed by atoms with Crippen LogP contribution in [0.15, 0.2) is 23.8 Å². The van der Waals surface area contributed by atoms with Gasteiger partial charge in [0.05, 0.1) is 16.9 Å². The molecule has 0 atom stereocenters. The third-order valence-electron chi connectivity index (χ3n) is 1.92. The fourth-order valence-electron chi connectivity index (χ4n) is 1.27. The predicted molar refractivity (Wildman–Crippen MR) is 58.6 cm³/mol. The van der Waals surface area contributed by atoms with Crippen molar-refractivity contribution in [2.75, 3.05) is 7.11 Å². The molecule has 0 aromatic carbocycles. The van der Waals surface area contributed by atoms with Crippen molar-refractivity contribution in [2.24, 2.45) is 0 Å². The molecule has 6 nitrogen and oxygen atoms in total. The zero-order chi connectivity index (χ0) is 11.5. The van der Waals surface area contributed by atoms with Crippen molar-refractivity contribution in [2.45, 2.75) is 0 Å². The Morgan fingerprint density at radius 1 is 1.50 bits per heavy atom. The standard InChI is InChI=1S/C9H7N3O3S/c1-15-9-8(12(13)14)7(10-5-11-9)6-3-2-4-16-6/h2-5H,1H3. The van der Waals surface area contributed by atoms with E-state index in [0.29, 0.717) is 4.88 Å². The Bertz CT molecular complexity index is 513. The number of hydrogen-bond donors (Lipinski definition) is 0. The van der Waals surface area contributed by atoms with Gasteiger partial charge in [-0.25, -0.2) is 4.98 Å². The summed E-state index contributed by atoms with van der Waals surface area (Å²) in [6.45, 7) is 0. The molecular formula is C9H7N3O3S. The Balaban J connectivity index is 2.65. The summed E-state index contributed by atoms with van der Waals surface area (Å²) in [5.74, 6) is -0.0246. The van der Waals surface area contributed by atoms with Crippen LogP contribution in [0.1, 0.15) is 0 Å². The predicted octanol–water partition coefficient (Wildman–Crippen LogP) is 2.12. The van der Waals surface area contributed by atoms with Crippen LogP contribution in [0.2, 0.25) is 0 Å². The van der Waals surface area contributed by atoms with Crippen LogP contribution in [0.3, 0.4) is 0 Å². The van der Waals surface area contributed by atoms with E-state index < -0.39 is 4.92 Å². The van der Waals surface area contributed by atoms with Gasteiger partial charge in [-0.1, -0.05) is 6.07 Å². The lowest BCUT2D eigenvalue weighted by Crippen LogP contribution is -2.00. The highest BCUT2D eigenvalue weighted by molar-refractivity contribution is 7.13. The number of nitrogens with zero attached hydrogens (tertiary/aromatic N) is 3. The average molecular weight is 237 g/mol. The lowest BCUT2D eigenvalue weighted by molar-refractivity contribution is -0.385. The lowest BCUT2D eigenvalue weighted by Gasteiger charge is -2.02. The maximum absolute atomic E-state index is 10.9. The molecule has 7 heteroatoms. The smallest absolute Gasteiger partial charge is 0.357 e. The average Bonchev–Trinajstić information content (AvgIpc) is 2.81. The number of aromatic nitrogens is 2. The van der Waals surface area contributed by atoms with Crippen molar-refractivity contribution in [3.63, 3.8) is 0 Å². The van der Waals surface area contributed by atoms with Gasteiger partial charge in [-0.15, -0.1) is 11.3 Å². The molecule has 0 aliphatic rings. The molecule has 0 bridgehead atoms. The molecule has 16 heavy (non-hydrogen) atoms. The highest BCUT2D eigenvalue weighted by atomic mass is 32.1. The minimum atomic E-state index is -0.534. The van der Waals surface area contributed by atoms with Crippen molar-refractivity contribution >= 4 is 17.0 Å². The molecule has 0 saturated carbocycles. The monoisotopic (exact) mass is 237 g/mol. The Morgan fingerprint density at radius 3 is 2.88 bits per heavy atom. The Kier molecular flexibility index (Phi) is 2.78. The molecule has 2 aromatic rings. The summed E-state index contributed by atoms with van der Waals surface area (Å²) in [6.07, 6.45) is 1.25. The summed E-state index contributed by atoms with van der Waals surface area (Å²) < 4.78 is 4.86. The molecular weight excluding hydrogens is 230 g/mol. The number of rotatable bonds is 3. The third-order valence-corrected chi connectivity index (χ3v) is 2.80. The van der Waals surface area contributed by atoms with E-state index in [1.807, 2.05) is 5.38 Å². The molecule has 0 unspecified atom stereocenters. The van der Waals surface area contributed by atoms with E-state index >= 15 is 0 Å². The van der Waals surface area contributed by atoms with Gasteiger partial charge >= 0.3 is 5.69 Å². The minimum absolute atomic E-state index is 0.0246. The second kappa shape index (κ2) is 4.23. The summed E-state index contributed by atoms with van der Waals surface area (Å²) >= 11 is 1.38. The number of methoxy groups -OCH3 is 1. The highest BCUT2D eigenvalue weighted by Gasteiger charge is 2.25. The Labute approximate surface area is 94.7 Å². The van der Waals surface area contributed by atoms with E-state index in [1.54, 1.807) is 12.1 Å². The van der Waals surface area contributed by atoms with Crippen LogP contribution in [-0.2, 0) is 0 Å². The van der Waals surface area contributed by atoms with E-state index in [2.05, 4.69) is 9.97 Å². The van der Waals surface area contributed by atoms with Gasteiger partial charge in [-0.2, -0.15) is 4.98 Å². The van der Waals surface area contributed by atoms with Crippen LogP contribution in [0.4, 0.5) is 5.69 Å². The normalized spacial score (nSPS) is 10.1. The highest BCUT2D eigenvalue weighted by Crippen LogP contribution is 2.35. The largest absolute Gasteiger partial charge is 0.476 e. The van der Waals surface area contributed by atoms with E-state index in [1.165, 1.54) is 24.8 Å². The van der Waals surface area contributed by atoms with Crippen LogP contribution in [0.5, 0.6) is 5.88 Å². The molecule has 0 aliphatic carbocycles. The summed E-state index contributed by atoms with van der Waals surface area (Å²) in [5, 5.41) is 12.8. The molecule has 2 aromatic heterocycles. The lowest BCUT2D eigenvalue weighted by atomic mass is 10.3. The molecule has 0 fully saturated rings. The maximum atomic E-state index is 10.9. The van der Waals surface area contributed by atoms with Crippen molar-refractivity contribution < 1.29 is 9.66 Å². The maximum Gasteiger partial charge on any atom is 0.357 e. The molecule has 0 N–H and O–H groups in total. The molecule has 2 rings (SSSR count). The molecule has 0 amide bonds. The van der Waals surface area contributed by atoms with Gasteiger partial charge in [-0.05, 0) is 11.4 Å². The van der Waals surface area contributed by atoms with Gasteiger partial charge in [0.2, 0.25) is 0 Å². The van der Waals surface area contributed by atoms with Gasteiger partial charge in [0.1, 0.15) is 6.33 Å². The first-order chi connectivity index (χ1) is 7.74. The zero-order valence-corrected chi connectivity index (χ0v) is 9.10.